The fourth-order valence-electron chi connectivity index (χ4n) is 4.52. The lowest BCUT2D eigenvalue weighted by atomic mass is 9.93. The van der Waals surface area contributed by atoms with E-state index in [4.69, 9.17) is 4.74 Å². The summed E-state index contributed by atoms with van der Waals surface area (Å²) in [6.45, 7) is 6.03. The van der Waals surface area contributed by atoms with Crippen LogP contribution in [0.1, 0.15) is 63.2 Å². The molecule has 1 aromatic carbocycles. The molecule has 0 radical (unpaired) electrons. The van der Waals surface area contributed by atoms with Crippen molar-refractivity contribution in [2.24, 2.45) is 7.05 Å². The van der Waals surface area contributed by atoms with Crippen molar-refractivity contribution in [1.29, 1.82) is 0 Å². The number of aryl methyl sites for hydroxylation is 1. The second kappa shape index (κ2) is 8.90. The molecule has 0 amide bonds. The molecule has 10 heteroatoms. The highest BCUT2D eigenvalue weighted by molar-refractivity contribution is 5.90. The molecule has 2 atom stereocenters. The summed E-state index contributed by atoms with van der Waals surface area (Å²) in [6.07, 6.45) is -0.0970. The number of nitrogens with zero attached hydrogens (tertiary/aromatic N) is 3. The molecule has 1 fully saturated rings. The Kier molecular flexibility index (Phi) is 6.28. The van der Waals surface area contributed by atoms with Crippen LogP contribution in [0.3, 0.4) is 0 Å². The average Bonchev–Trinajstić information content (AvgIpc) is 2.76. The van der Waals surface area contributed by atoms with Crippen molar-refractivity contribution in [3.05, 3.63) is 68.1 Å². The van der Waals surface area contributed by atoms with Crippen molar-refractivity contribution in [2.75, 3.05) is 11.9 Å². The van der Waals surface area contributed by atoms with Crippen molar-refractivity contribution in [1.82, 2.24) is 14.3 Å². The molecule has 1 aliphatic rings. The van der Waals surface area contributed by atoms with Crippen LogP contribution in [0.4, 0.5) is 19.0 Å². The first-order valence-corrected chi connectivity index (χ1v) is 11.1. The molecule has 0 bridgehead atoms. The number of hydrogen-bond acceptors (Lipinski definition) is 5. The summed E-state index contributed by atoms with van der Waals surface area (Å²) in [5, 5.41) is 7.89. The standard InChI is InChI=1S/C24H27F3N4O3/c1-13(15-6-5-7-16(20(15)25)21(26)27)28-22-18-12-31(14-8-9-34-24(2,3)11-14)19(32)10-17(18)23(33)30(4)29-22/h5-7,10,12-14,21H,8-9,11H2,1-4H3,(H,28,29)/t13?,14-/m1/s1. The summed E-state index contributed by atoms with van der Waals surface area (Å²) in [5.41, 5.74) is -1.80. The molecule has 1 unspecified atom stereocenters. The molecule has 7 nitrogen and oxygen atoms in total. The summed E-state index contributed by atoms with van der Waals surface area (Å²) in [4.78, 5) is 25.6. The van der Waals surface area contributed by atoms with Crippen LogP contribution < -0.4 is 16.4 Å². The van der Waals surface area contributed by atoms with Crippen molar-refractivity contribution >= 4 is 16.6 Å². The monoisotopic (exact) mass is 476 g/mol. The number of benzene rings is 1. The number of rotatable bonds is 5. The summed E-state index contributed by atoms with van der Waals surface area (Å²) in [7, 11) is 1.45. The number of ether oxygens (including phenoxy) is 1. The van der Waals surface area contributed by atoms with Crippen molar-refractivity contribution < 1.29 is 17.9 Å². The van der Waals surface area contributed by atoms with Gasteiger partial charge in [0.15, 0.2) is 5.82 Å². The van der Waals surface area contributed by atoms with Gasteiger partial charge in [-0.2, -0.15) is 5.10 Å². The SMILES string of the molecule is CC(Nc1nn(C)c(=O)c2cc(=O)n([C@@H]3CCOC(C)(C)C3)cc12)c1cccc(C(F)F)c1F. The quantitative estimate of drug-likeness (QED) is 0.588. The lowest BCUT2D eigenvalue weighted by Crippen LogP contribution is -2.38. The van der Waals surface area contributed by atoms with E-state index in [-0.39, 0.29) is 28.4 Å². The molecule has 4 rings (SSSR count). The molecule has 182 valence electrons. The molecule has 1 N–H and O–H groups in total. The number of nitrogens with one attached hydrogen (secondary N) is 1. The van der Waals surface area contributed by atoms with E-state index in [1.165, 1.54) is 25.2 Å². The molecular weight excluding hydrogens is 449 g/mol. The van der Waals surface area contributed by atoms with E-state index in [2.05, 4.69) is 10.4 Å². The van der Waals surface area contributed by atoms with Gasteiger partial charge in [-0.05, 0) is 33.6 Å². The second-order valence-electron chi connectivity index (χ2n) is 9.30. The van der Waals surface area contributed by atoms with Crippen LogP contribution in [0.2, 0.25) is 0 Å². The summed E-state index contributed by atoms with van der Waals surface area (Å²) < 4.78 is 49.5. The first-order valence-electron chi connectivity index (χ1n) is 11.1. The Labute approximate surface area is 194 Å². The molecule has 3 aromatic rings. The lowest BCUT2D eigenvalue weighted by molar-refractivity contribution is -0.0695. The van der Waals surface area contributed by atoms with Crippen LogP contribution in [0.15, 0.2) is 40.1 Å². The van der Waals surface area contributed by atoms with Crippen molar-refractivity contribution in [2.45, 2.75) is 57.7 Å². The van der Waals surface area contributed by atoms with E-state index in [9.17, 15) is 22.8 Å². The van der Waals surface area contributed by atoms with Gasteiger partial charge < -0.3 is 14.6 Å². The van der Waals surface area contributed by atoms with Crippen LogP contribution >= 0.6 is 0 Å². The van der Waals surface area contributed by atoms with Crippen LogP contribution in [0.5, 0.6) is 0 Å². The zero-order valence-electron chi connectivity index (χ0n) is 19.4. The molecule has 0 aliphatic carbocycles. The van der Waals surface area contributed by atoms with Gasteiger partial charge in [0.2, 0.25) is 0 Å². The molecule has 0 saturated carbocycles. The van der Waals surface area contributed by atoms with Gasteiger partial charge in [0.1, 0.15) is 5.82 Å². The molecule has 1 saturated heterocycles. The first-order chi connectivity index (χ1) is 16.0. The van der Waals surface area contributed by atoms with Gasteiger partial charge in [-0.25, -0.2) is 17.9 Å². The number of aromatic nitrogens is 3. The molecular formula is C24H27F3N4O3. The minimum absolute atomic E-state index is 0.0427. The van der Waals surface area contributed by atoms with Gasteiger partial charge in [-0.1, -0.05) is 18.2 Å². The van der Waals surface area contributed by atoms with Gasteiger partial charge >= 0.3 is 0 Å². The number of alkyl halides is 2. The van der Waals surface area contributed by atoms with Crippen LogP contribution in [0.25, 0.3) is 10.8 Å². The Bertz CT molecular complexity index is 1350. The lowest BCUT2D eigenvalue weighted by Gasteiger charge is -2.36. The number of anilines is 1. The van der Waals surface area contributed by atoms with Gasteiger partial charge in [0.25, 0.3) is 17.5 Å². The second-order valence-corrected chi connectivity index (χ2v) is 9.30. The smallest absolute Gasteiger partial charge is 0.274 e. The first kappa shape index (κ1) is 24.0. The van der Waals surface area contributed by atoms with Gasteiger partial charge in [-0.3, -0.25) is 9.59 Å². The highest BCUT2D eigenvalue weighted by Gasteiger charge is 2.30. The molecule has 0 spiro atoms. The molecule has 34 heavy (non-hydrogen) atoms. The third-order valence-electron chi connectivity index (χ3n) is 6.29. The molecule has 2 aromatic heterocycles. The maximum absolute atomic E-state index is 14.7. The topological polar surface area (TPSA) is 78.2 Å². The number of halogens is 3. The highest BCUT2D eigenvalue weighted by Crippen LogP contribution is 2.33. The van der Waals surface area contributed by atoms with Crippen LogP contribution in [0, 0.1) is 5.82 Å². The van der Waals surface area contributed by atoms with E-state index >= 15 is 0 Å². The average molecular weight is 476 g/mol. The maximum Gasteiger partial charge on any atom is 0.274 e. The summed E-state index contributed by atoms with van der Waals surface area (Å²) in [6, 6.07) is 4.25. The van der Waals surface area contributed by atoms with E-state index in [0.29, 0.717) is 24.8 Å². The Morgan fingerprint density at radius 1 is 1.21 bits per heavy atom. The zero-order chi connectivity index (χ0) is 24.8. The van der Waals surface area contributed by atoms with Crippen LogP contribution in [-0.4, -0.2) is 26.6 Å². The summed E-state index contributed by atoms with van der Waals surface area (Å²) in [5.74, 6) is -0.750. The van der Waals surface area contributed by atoms with Crippen molar-refractivity contribution in [3.8, 4) is 0 Å². The number of pyridine rings is 1. The fourth-order valence-corrected chi connectivity index (χ4v) is 4.52. The van der Waals surface area contributed by atoms with Gasteiger partial charge in [0, 0.05) is 42.9 Å². The van der Waals surface area contributed by atoms with Gasteiger partial charge in [-0.15, -0.1) is 0 Å². The van der Waals surface area contributed by atoms with Crippen LogP contribution in [-0.2, 0) is 11.8 Å². The van der Waals surface area contributed by atoms with E-state index in [1.54, 1.807) is 17.7 Å². The molecule has 3 heterocycles. The van der Waals surface area contributed by atoms with Gasteiger partial charge in [0.05, 0.1) is 22.6 Å². The third kappa shape index (κ3) is 4.46. The predicted molar refractivity (Wildman–Crippen MR) is 123 cm³/mol. The van der Waals surface area contributed by atoms with Crippen molar-refractivity contribution in [3.63, 3.8) is 0 Å². The zero-order valence-corrected chi connectivity index (χ0v) is 19.4. The predicted octanol–water partition coefficient (Wildman–Crippen LogP) is 4.48. The number of hydrogen-bond donors (Lipinski definition) is 1. The summed E-state index contributed by atoms with van der Waals surface area (Å²) >= 11 is 0. The number of fused-ring (bicyclic) bond motifs is 1. The van der Waals surface area contributed by atoms with E-state index < -0.39 is 35.0 Å². The highest BCUT2D eigenvalue weighted by atomic mass is 19.3. The Morgan fingerprint density at radius 2 is 1.91 bits per heavy atom. The third-order valence-corrected chi connectivity index (χ3v) is 6.29. The minimum atomic E-state index is -2.94. The minimum Gasteiger partial charge on any atom is -0.375 e. The largest absolute Gasteiger partial charge is 0.375 e. The Balaban J connectivity index is 1.80. The molecule has 1 aliphatic heterocycles. The van der Waals surface area contributed by atoms with E-state index in [1.807, 2.05) is 13.8 Å². The normalized spacial score (nSPS) is 18.9. The fraction of sp³-hybridized carbons (Fsp3) is 0.458. The Hall–Kier alpha value is -3.14. The maximum atomic E-state index is 14.7. The Morgan fingerprint density at radius 3 is 2.59 bits per heavy atom. The van der Waals surface area contributed by atoms with E-state index in [0.717, 1.165) is 10.7 Å².